The Balaban J connectivity index is 2.11. The molecule has 18 heavy (non-hydrogen) atoms. The van der Waals surface area contributed by atoms with E-state index in [1.165, 1.54) is 0 Å². The lowest BCUT2D eigenvalue weighted by molar-refractivity contribution is 0.924. The molecule has 3 heterocycles. The van der Waals surface area contributed by atoms with Crippen LogP contribution in [0, 0.1) is 0 Å². The van der Waals surface area contributed by atoms with Crippen molar-refractivity contribution in [2.75, 3.05) is 6.54 Å². The second kappa shape index (κ2) is 4.58. The van der Waals surface area contributed by atoms with Gasteiger partial charge in [-0.05, 0) is 36.4 Å². The van der Waals surface area contributed by atoms with Crippen LogP contribution in [0.1, 0.15) is 5.69 Å². The fourth-order valence-corrected chi connectivity index (χ4v) is 2.09. The third-order valence-corrected chi connectivity index (χ3v) is 2.95. The average Bonchev–Trinajstić information content (AvgIpc) is 2.83. The minimum atomic E-state index is 0.616. The Kier molecular flexibility index (Phi) is 2.78. The van der Waals surface area contributed by atoms with Crippen LogP contribution < -0.4 is 5.73 Å². The molecule has 0 unspecified atom stereocenters. The summed E-state index contributed by atoms with van der Waals surface area (Å²) in [6, 6.07) is 10.1. The number of pyridine rings is 2. The SMILES string of the molecule is NCCc1cc(-c2cnn3ccccc23)ccn1. The van der Waals surface area contributed by atoms with Crippen LogP contribution in [0.3, 0.4) is 0 Å². The third-order valence-electron chi connectivity index (χ3n) is 2.95. The molecular formula is C14H14N4. The molecule has 0 aromatic carbocycles. The monoisotopic (exact) mass is 238 g/mol. The highest BCUT2D eigenvalue weighted by Crippen LogP contribution is 2.24. The Hall–Kier alpha value is -2.20. The van der Waals surface area contributed by atoms with Crippen molar-refractivity contribution in [3.8, 4) is 11.1 Å². The van der Waals surface area contributed by atoms with Gasteiger partial charge in [-0.3, -0.25) is 4.98 Å². The third kappa shape index (κ3) is 1.87. The summed E-state index contributed by atoms with van der Waals surface area (Å²) in [6.07, 6.45) is 6.46. The van der Waals surface area contributed by atoms with Gasteiger partial charge < -0.3 is 5.73 Å². The second-order valence-corrected chi connectivity index (χ2v) is 4.16. The zero-order valence-electron chi connectivity index (χ0n) is 9.95. The van der Waals surface area contributed by atoms with Crippen LogP contribution >= 0.6 is 0 Å². The molecule has 0 aliphatic heterocycles. The highest BCUT2D eigenvalue weighted by atomic mass is 15.2. The summed E-state index contributed by atoms with van der Waals surface area (Å²) in [6.45, 7) is 0.616. The normalized spacial score (nSPS) is 10.9. The molecule has 4 nitrogen and oxygen atoms in total. The standard InChI is InChI=1S/C14H14N4/c15-6-4-12-9-11(5-7-16-12)13-10-17-18-8-2-1-3-14(13)18/h1-3,5,7-10H,4,6,15H2. The number of fused-ring (bicyclic) bond motifs is 1. The zero-order valence-corrected chi connectivity index (χ0v) is 9.95. The van der Waals surface area contributed by atoms with Gasteiger partial charge in [-0.25, -0.2) is 4.52 Å². The Labute approximate surface area is 105 Å². The van der Waals surface area contributed by atoms with Gasteiger partial charge in [0.1, 0.15) is 0 Å². The van der Waals surface area contributed by atoms with Crippen LogP contribution in [-0.2, 0) is 6.42 Å². The topological polar surface area (TPSA) is 56.2 Å². The molecule has 0 aliphatic carbocycles. The molecule has 0 spiro atoms. The Morgan fingerprint density at radius 3 is 3.06 bits per heavy atom. The average molecular weight is 238 g/mol. The zero-order chi connectivity index (χ0) is 12.4. The highest BCUT2D eigenvalue weighted by Gasteiger charge is 2.06. The molecule has 0 amide bonds. The van der Waals surface area contributed by atoms with E-state index < -0.39 is 0 Å². The van der Waals surface area contributed by atoms with E-state index in [0.29, 0.717) is 6.54 Å². The highest BCUT2D eigenvalue weighted by molar-refractivity contribution is 5.79. The molecule has 4 heteroatoms. The van der Waals surface area contributed by atoms with E-state index in [2.05, 4.69) is 22.2 Å². The van der Waals surface area contributed by atoms with Crippen molar-refractivity contribution in [2.45, 2.75) is 6.42 Å². The first-order valence-corrected chi connectivity index (χ1v) is 5.96. The first kappa shape index (κ1) is 10.9. The van der Waals surface area contributed by atoms with Crippen molar-refractivity contribution in [2.24, 2.45) is 5.73 Å². The Bertz CT molecular complexity index is 672. The van der Waals surface area contributed by atoms with E-state index in [0.717, 1.165) is 28.8 Å². The van der Waals surface area contributed by atoms with Gasteiger partial charge >= 0.3 is 0 Å². The van der Waals surface area contributed by atoms with Gasteiger partial charge in [-0.15, -0.1) is 0 Å². The lowest BCUT2D eigenvalue weighted by Crippen LogP contribution is -2.04. The first-order valence-electron chi connectivity index (χ1n) is 5.96. The van der Waals surface area contributed by atoms with Gasteiger partial charge in [0.05, 0.1) is 11.7 Å². The summed E-state index contributed by atoms with van der Waals surface area (Å²) in [5.74, 6) is 0. The van der Waals surface area contributed by atoms with Gasteiger partial charge in [-0.2, -0.15) is 5.10 Å². The fourth-order valence-electron chi connectivity index (χ4n) is 2.09. The van der Waals surface area contributed by atoms with Crippen molar-refractivity contribution < 1.29 is 0 Å². The van der Waals surface area contributed by atoms with Gasteiger partial charge in [0.25, 0.3) is 0 Å². The van der Waals surface area contributed by atoms with E-state index in [4.69, 9.17) is 5.73 Å². The van der Waals surface area contributed by atoms with Gasteiger partial charge in [0.2, 0.25) is 0 Å². The summed E-state index contributed by atoms with van der Waals surface area (Å²) < 4.78 is 1.87. The van der Waals surface area contributed by atoms with Crippen LogP contribution in [0.15, 0.2) is 48.9 Å². The molecule has 2 N–H and O–H groups in total. The molecule has 0 aliphatic rings. The molecule has 3 aromatic rings. The van der Waals surface area contributed by atoms with Crippen molar-refractivity contribution in [3.05, 3.63) is 54.6 Å². The minimum Gasteiger partial charge on any atom is -0.330 e. The number of hydrogen-bond donors (Lipinski definition) is 1. The molecule has 90 valence electrons. The summed E-state index contributed by atoms with van der Waals surface area (Å²) >= 11 is 0. The van der Waals surface area contributed by atoms with Crippen LogP contribution in [0.2, 0.25) is 0 Å². The minimum absolute atomic E-state index is 0.616. The number of hydrogen-bond acceptors (Lipinski definition) is 3. The van der Waals surface area contributed by atoms with E-state index in [1.807, 2.05) is 41.3 Å². The molecular weight excluding hydrogens is 224 g/mol. The van der Waals surface area contributed by atoms with Crippen LogP contribution in [0.5, 0.6) is 0 Å². The number of aromatic nitrogens is 3. The lowest BCUT2D eigenvalue weighted by Gasteiger charge is -2.02. The first-order chi connectivity index (χ1) is 8.88. The van der Waals surface area contributed by atoms with E-state index in [-0.39, 0.29) is 0 Å². The predicted molar refractivity (Wildman–Crippen MR) is 71.2 cm³/mol. The smallest absolute Gasteiger partial charge is 0.0740 e. The van der Waals surface area contributed by atoms with Crippen molar-refractivity contribution in [1.82, 2.24) is 14.6 Å². The van der Waals surface area contributed by atoms with E-state index in [1.54, 1.807) is 0 Å². The lowest BCUT2D eigenvalue weighted by atomic mass is 10.1. The number of nitrogens with two attached hydrogens (primary N) is 1. The molecule has 3 rings (SSSR count). The van der Waals surface area contributed by atoms with Gasteiger partial charge in [-0.1, -0.05) is 6.07 Å². The van der Waals surface area contributed by atoms with Crippen LogP contribution in [0.25, 0.3) is 16.6 Å². The summed E-state index contributed by atoms with van der Waals surface area (Å²) in [5.41, 5.74) is 9.94. The molecule has 0 saturated heterocycles. The van der Waals surface area contributed by atoms with Crippen molar-refractivity contribution >= 4 is 5.52 Å². The fraction of sp³-hybridized carbons (Fsp3) is 0.143. The largest absolute Gasteiger partial charge is 0.330 e. The quantitative estimate of drug-likeness (QED) is 0.758. The van der Waals surface area contributed by atoms with Gasteiger partial charge in [0.15, 0.2) is 0 Å². The second-order valence-electron chi connectivity index (χ2n) is 4.16. The van der Waals surface area contributed by atoms with Crippen LogP contribution in [-0.4, -0.2) is 21.1 Å². The van der Waals surface area contributed by atoms with Crippen LogP contribution in [0.4, 0.5) is 0 Å². The molecule has 0 atom stereocenters. The molecule has 3 aromatic heterocycles. The molecule has 0 radical (unpaired) electrons. The predicted octanol–water partition coefficient (Wildman–Crippen LogP) is 1.90. The maximum absolute atomic E-state index is 5.56. The summed E-state index contributed by atoms with van der Waals surface area (Å²) in [4.78, 5) is 4.31. The summed E-state index contributed by atoms with van der Waals surface area (Å²) in [5, 5.41) is 4.34. The van der Waals surface area contributed by atoms with E-state index in [9.17, 15) is 0 Å². The Morgan fingerprint density at radius 1 is 1.22 bits per heavy atom. The number of rotatable bonds is 3. The van der Waals surface area contributed by atoms with Gasteiger partial charge in [0, 0.05) is 30.1 Å². The van der Waals surface area contributed by atoms with E-state index >= 15 is 0 Å². The molecule has 0 fully saturated rings. The van der Waals surface area contributed by atoms with Crippen molar-refractivity contribution in [3.63, 3.8) is 0 Å². The Morgan fingerprint density at radius 2 is 2.17 bits per heavy atom. The maximum atomic E-state index is 5.56. The summed E-state index contributed by atoms with van der Waals surface area (Å²) in [7, 11) is 0. The molecule has 0 saturated carbocycles. The number of nitrogens with zero attached hydrogens (tertiary/aromatic N) is 3. The molecule has 0 bridgehead atoms. The maximum Gasteiger partial charge on any atom is 0.0740 e. The van der Waals surface area contributed by atoms with Crippen molar-refractivity contribution in [1.29, 1.82) is 0 Å².